The Balaban J connectivity index is 1.49. The van der Waals surface area contributed by atoms with E-state index in [1.165, 1.54) is 0 Å². The van der Waals surface area contributed by atoms with E-state index in [0.717, 1.165) is 33.1 Å². The lowest BCUT2D eigenvalue weighted by Crippen LogP contribution is -2.43. The highest BCUT2D eigenvalue weighted by atomic mass is 16.5. The number of benzene rings is 2. The van der Waals surface area contributed by atoms with Gasteiger partial charge in [0.25, 0.3) is 0 Å². The summed E-state index contributed by atoms with van der Waals surface area (Å²) in [6.45, 7) is 0.0352. The summed E-state index contributed by atoms with van der Waals surface area (Å²) < 4.78 is 7.00. The van der Waals surface area contributed by atoms with Crippen molar-refractivity contribution in [3.63, 3.8) is 0 Å². The summed E-state index contributed by atoms with van der Waals surface area (Å²) in [5.41, 5.74) is 2.67. The number of aromatic nitrogens is 2. The summed E-state index contributed by atoms with van der Waals surface area (Å²) in [7, 11) is 1.60. The van der Waals surface area contributed by atoms with Crippen LogP contribution in [0.1, 0.15) is 5.56 Å². The Hall–Kier alpha value is -3.74. The van der Waals surface area contributed by atoms with Crippen LogP contribution in [0.5, 0.6) is 5.75 Å². The molecule has 1 unspecified atom stereocenters. The van der Waals surface area contributed by atoms with Gasteiger partial charge in [-0.15, -0.1) is 0 Å². The molecular formula is C22H21N3O4. The number of carboxylic acid groups (broad SMARTS) is 1. The number of nitrogens with one attached hydrogen (secondary N) is 2. The molecule has 1 atom stereocenters. The molecule has 0 saturated carbocycles. The third kappa shape index (κ3) is 3.80. The topological polar surface area (TPSA) is 96.4 Å². The molecule has 7 nitrogen and oxygen atoms in total. The molecule has 0 spiro atoms. The van der Waals surface area contributed by atoms with Crippen LogP contribution in [0.3, 0.4) is 0 Å². The van der Waals surface area contributed by atoms with Crippen LogP contribution in [-0.2, 0) is 22.6 Å². The Labute approximate surface area is 166 Å². The molecule has 0 radical (unpaired) electrons. The molecule has 0 aliphatic rings. The molecule has 29 heavy (non-hydrogen) atoms. The third-order valence-corrected chi connectivity index (χ3v) is 5.02. The number of fused-ring (bicyclic) bond motifs is 2. The normalized spacial score (nSPS) is 12.2. The molecule has 4 aromatic rings. The number of rotatable bonds is 7. The van der Waals surface area contributed by atoms with E-state index in [9.17, 15) is 14.7 Å². The van der Waals surface area contributed by atoms with E-state index >= 15 is 0 Å². The number of H-pyrrole nitrogens is 1. The highest BCUT2D eigenvalue weighted by molar-refractivity contribution is 5.88. The van der Waals surface area contributed by atoms with E-state index in [0.29, 0.717) is 0 Å². The Morgan fingerprint density at radius 1 is 1.21 bits per heavy atom. The number of carboxylic acids is 1. The minimum Gasteiger partial charge on any atom is -0.497 e. The molecule has 0 aliphatic carbocycles. The fraction of sp³-hybridized carbons (Fsp3) is 0.182. The zero-order valence-corrected chi connectivity index (χ0v) is 15.9. The largest absolute Gasteiger partial charge is 0.497 e. The monoisotopic (exact) mass is 391 g/mol. The first kappa shape index (κ1) is 18.6. The van der Waals surface area contributed by atoms with Gasteiger partial charge >= 0.3 is 5.97 Å². The quantitative estimate of drug-likeness (QED) is 0.451. The molecule has 0 bridgehead atoms. The molecule has 0 fully saturated rings. The van der Waals surface area contributed by atoms with Crippen LogP contribution in [0.15, 0.2) is 60.9 Å². The number of hydrogen-bond acceptors (Lipinski definition) is 3. The van der Waals surface area contributed by atoms with Crippen molar-refractivity contribution in [1.82, 2.24) is 14.9 Å². The molecular weight excluding hydrogens is 370 g/mol. The fourth-order valence-electron chi connectivity index (χ4n) is 3.56. The second-order valence-electron chi connectivity index (χ2n) is 6.89. The van der Waals surface area contributed by atoms with Gasteiger partial charge in [0.1, 0.15) is 18.3 Å². The SMILES string of the molecule is COc1ccc2c(ccn2CC(=O)NC(Cc2c[nH]c3ccccc23)C(=O)O)c1. The first-order chi connectivity index (χ1) is 14.0. The van der Waals surface area contributed by atoms with Crippen molar-refractivity contribution in [3.8, 4) is 5.75 Å². The van der Waals surface area contributed by atoms with Gasteiger partial charge in [-0.2, -0.15) is 0 Å². The van der Waals surface area contributed by atoms with Crippen molar-refractivity contribution < 1.29 is 19.4 Å². The van der Waals surface area contributed by atoms with Gasteiger partial charge in [-0.1, -0.05) is 18.2 Å². The maximum Gasteiger partial charge on any atom is 0.326 e. The highest BCUT2D eigenvalue weighted by Crippen LogP contribution is 2.22. The predicted molar refractivity (Wildman–Crippen MR) is 110 cm³/mol. The first-order valence-electron chi connectivity index (χ1n) is 9.25. The molecule has 7 heteroatoms. The zero-order chi connectivity index (χ0) is 20.4. The van der Waals surface area contributed by atoms with Gasteiger partial charge in [0.15, 0.2) is 0 Å². The van der Waals surface area contributed by atoms with Crippen LogP contribution in [0.2, 0.25) is 0 Å². The molecule has 2 heterocycles. The summed E-state index contributed by atoms with van der Waals surface area (Å²) >= 11 is 0. The average Bonchev–Trinajstić information content (AvgIpc) is 3.31. The lowest BCUT2D eigenvalue weighted by Gasteiger charge is -2.15. The molecule has 1 amide bonds. The van der Waals surface area contributed by atoms with Gasteiger partial charge in [-0.25, -0.2) is 4.79 Å². The molecule has 3 N–H and O–H groups in total. The Morgan fingerprint density at radius 3 is 2.83 bits per heavy atom. The van der Waals surface area contributed by atoms with Crippen molar-refractivity contribution in [1.29, 1.82) is 0 Å². The number of para-hydroxylation sites is 1. The Bertz CT molecular complexity index is 1190. The van der Waals surface area contributed by atoms with Crippen LogP contribution < -0.4 is 10.1 Å². The number of nitrogens with zero attached hydrogens (tertiary/aromatic N) is 1. The van der Waals surface area contributed by atoms with Crippen molar-refractivity contribution in [2.45, 2.75) is 19.0 Å². The maximum atomic E-state index is 12.6. The molecule has 148 valence electrons. The van der Waals surface area contributed by atoms with E-state index < -0.39 is 12.0 Å². The van der Waals surface area contributed by atoms with Crippen LogP contribution in [-0.4, -0.2) is 39.7 Å². The Kier molecular flexibility index (Phi) is 4.95. The van der Waals surface area contributed by atoms with E-state index in [1.807, 2.05) is 48.5 Å². The van der Waals surface area contributed by atoms with Crippen molar-refractivity contribution in [2.24, 2.45) is 0 Å². The second kappa shape index (κ2) is 7.71. The van der Waals surface area contributed by atoms with Gasteiger partial charge in [0.2, 0.25) is 5.91 Å². The summed E-state index contributed by atoms with van der Waals surface area (Å²) in [4.78, 5) is 27.4. The van der Waals surface area contributed by atoms with Gasteiger partial charge in [-0.05, 0) is 35.9 Å². The molecule has 2 aromatic heterocycles. The number of ether oxygens (including phenoxy) is 1. The summed E-state index contributed by atoms with van der Waals surface area (Å²) in [6, 6.07) is 14.2. The van der Waals surface area contributed by atoms with Gasteiger partial charge < -0.3 is 24.7 Å². The second-order valence-corrected chi connectivity index (χ2v) is 6.89. The number of hydrogen-bond donors (Lipinski definition) is 3. The number of aromatic amines is 1. The summed E-state index contributed by atoms with van der Waals surface area (Å²) in [6.07, 6.45) is 3.80. The van der Waals surface area contributed by atoms with Gasteiger partial charge in [0.05, 0.1) is 7.11 Å². The number of amides is 1. The number of methoxy groups -OCH3 is 1. The molecule has 4 rings (SSSR count). The summed E-state index contributed by atoms with van der Waals surface area (Å²) in [5.74, 6) is -0.680. The van der Waals surface area contributed by atoms with Crippen molar-refractivity contribution in [2.75, 3.05) is 7.11 Å². The third-order valence-electron chi connectivity index (χ3n) is 5.02. The lowest BCUT2D eigenvalue weighted by molar-refractivity contribution is -0.141. The first-order valence-corrected chi connectivity index (χ1v) is 9.25. The van der Waals surface area contributed by atoms with Crippen LogP contribution in [0.25, 0.3) is 21.8 Å². The van der Waals surface area contributed by atoms with Crippen molar-refractivity contribution in [3.05, 3.63) is 66.5 Å². The van der Waals surface area contributed by atoms with Gasteiger partial charge in [0, 0.05) is 40.6 Å². The molecule has 2 aromatic carbocycles. The van der Waals surface area contributed by atoms with Crippen molar-refractivity contribution >= 4 is 33.7 Å². The average molecular weight is 391 g/mol. The molecule has 0 aliphatic heterocycles. The van der Waals surface area contributed by atoms with E-state index in [1.54, 1.807) is 24.1 Å². The van der Waals surface area contributed by atoms with Crippen LogP contribution in [0, 0.1) is 0 Å². The Morgan fingerprint density at radius 2 is 2.03 bits per heavy atom. The smallest absolute Gasteiger partial charge is 0.326 e. The van der Waals surface area contributed by atoms with Crippen LogP contribution in [0.4, 0.5) is 0 Å². The van der Waals surface area contributed by atoms with E-state index in [4.69, 9.17) is 4.74 Å². The minimum atomic E-state index is -1.06. The summed E-state index contributed by atoms with van der Waals surface area (Å²) in [5, 5.41) is 14.2. The molecule has 0 saturated heterocycles. The minimum absolute atomic E-state index is 0.0352. The van der Waals surface area contributed by atoms with E-state index in [-0.39, 0.29) is 18.9 Å². The highest BCUT2D eigenvalue weighted by Gasteiger charge is 2.22. The number of carbonyl (C=O) groups is 2. The maximum absolute atomic E-state index is 12.6. The van der Waals surface area contributed by atoms with Gasteiger partial charge in [-0.3, -0.25) is 4.79 Å². The number of carbonyl (C=O) groups excluding carboxylic acids is 1. The van der Waals surface area contributed by atoms with E-state index in [2.05, 4.69) is 10.3 Å². The van der Waals surface area contributed by atoms with Crippen LogP contribution >= 0.6 is 0 Å². The number of aliphatic carboxylic acids is 1. The fourth-order valence-corrected chi connectivity index (χ4v) is 3.56. The standard InChI is InChI=1S/C22H21N3O4/c1-29-16-6-7-20-14(10-16)8-9-25(20)13-21(26)24-19(22(27)28)11-15-12-23-18-5-3-2-4-17(15)18/h2-10,12,19,23H,11,13H2,1H3,(H,24,26)(H,27,28). The zero-order valence-electron chi connectivity index (χ0n) is 15.9. The predicted octanol–water partition coefficient (Wildman–Crippen LogP) is 2.94. The lowest BCUT2D eigenvalue weighted by atomic mass is 10.0.